The number of rotatable bonds is 0. The van der Waals surface area contributed by atoms with Gasteiger partial charge in [0, 0.05) is 16.2 Å². The van der Waals surface area contributed by atoms with Gasteiger partial charge in [-0.2, -0.15) is 0 Å². The van der Waals surface area contributed by atoms with Crippen LogP contribution >= 0.6 is 0 Å². The largest absolute Gasteiger partial charge is 0.512 e. The van der Waals surface area contributed by atoms with E-state index in [9.17, 15) is 9.90 Å². The van der Waals surface area contributed by atoms with E-state index in [-0.39, 0.29) is 11.2 Å². The Hall–Kier alpha value is -2.09. The van der Waals surface area contributed by atoms with Gasteiger partial charge in [-0.15, -0.1) is 0 Å². The highest BCUT2D eigenvalue weighted by atomic mass is 16.3. The van der Waals surface area contributed by atoms with Crippen molar-refractivity contribution in [3.8, 4) is 11.1 Å². The Bertz CT molecular complexity index is 739. The second-order valence-electron chi connectivity index (χ2n) is 4.02. The molecule has 0 atom stereocenters. The van der Waals surface area contributed by atoms with Gasteiger partial charge in [0.05, 0.1) is 5.76 Å². The standard InChI is InChI=1S/C14H10O2/c1-8(15)11-6-4-9-2-3-10-5-7-12(16)14(11)13(9)10/h2-7,15H,1H3/b11-8-. The van der Waals surface area contributed by atoms with Crippen molar-refractivity contribution in [3.05, 3.63) is 51.8 Å². The van der Waals surface area contributed by atoms with Crippen LogP contribution in [0.1, 0.15) is 6.92 Å². The van der Waals surface area contributed by atoms with Crippen LogP contribution < -0.4 is 10.6 Å². The highest BCUT2D eigenvalue weighted by molar-refractivity contribution is 5.99. The Kier molecular flexibility index (Phi) is 1.69. The molecule has 0 saturated carbocycles. The first-order valence-electron chi connectivity index (χ1n) is 5.16. The lowest BCUT2D eigenvalue weighted by atomic mass is 9.98. The molecule has 2 nitrogen and oxygen atoms in total. The number of hydrogen-bond donors (Lipinski definition) is 1. The zero-order chi connectivity index (χ0) is 11.3. The van der Waals surface area contributed by atoms with E-state index in [2.05, 4.69) is 0 Å². The molecule has 3 rings (SSSR count). The fourth-order valence-electron chi connectivity index (χ4n) is 2.28. The van der Waals surface area contributed by atoms with E-state index in [0.29, 0.717) is 10.6 Å². The van der Waals surface area contributed by atoms with Crippen molar-refractivity contribution in [2.45, 2.75) is 6.92 Å². The van der Waals surface area contributed by atoms with Gasteiger partial charge >= 0.3 is 0 Å². The monoisotopic (exact) mass is 210 g/mol. The smallest absolute Gasteiger partial charge is 0.187 e. The van der Waals surface area contributed by atoms with Gasteiger partial charge in [0.15, 0.2) is 5.43 Å². The van der Waals surface area contributed by atoms with Crippen LogP contribution in [0.4, 0.5) is 0 Å². The molecule has 0 heterocycles. The summed E-state index contributed by atoms with van der Waals surface area (Å²) in [7, 11) is 0. The van der Waals surface area contributed by atoms with Crippen LogP contribution in [0, 0.1) is 0 Å². The third kappa shape index (κ3) is 1.04. The van der Waals surface area contributed by atoms with Gasteiger partial charge in [-0.25, -0.2) is 0 Å². The van der Waals surface area contributed by atoms with E-state index in [0.717, 1.165) is 16.5 Å². The molecule has 0 amide bonds. The summed E-state index contributed by atoms with van der Waals surface area (Å²) in [6, 6.07) is 11.1. The molecule has 0 aliphatic heterocycles. The zero-order valence-electron chi connectivity index (χ0n) is 8.82. The Labute approximate surface area is 92.1 Å². The second kappa shape index (κ2) is 2.95. The number of benzene rings is 2. The van der Waals surface area contributed by atoms with Crippen molar-refractivity contribution in [1.29, 1.82) is 0 Å². The lowest BCUT2D eigenvalue weighted by Gasteiger charge is -2.05. The van der Waals surface area contributed by atoms with Crippen molar-refractivity contribution >= 4 is 16.5 Å². The topological polar surface area (TPSA) is 37.3 Å². The predicted molar refractivity (Wildman–Crippen MR) is 65.0 cm³/mol. The summed E-state index contributed by atoms with van der Waals surface area (Å²) >= 11 is 0. The van der Waals surface area contributed by atoms with Crippen molar-refractivity contribution in [1.82, 2.24) is 0 Å². The fourth-order valence-corrected chi connectivity index (χ4v) is 2.28. The van der Waals surface area contributed by atoms with E-state index < -0.39 is 0 Å². The number of aliphatic hydroxyl groups excluding tert-OH is 1. The maximum absolute atomic E-state index is 11.9. The molecule has 0 aromatic heterocycles. The van der Waals surface area contributed by atoms with Gasteiger partial charge in [0.1, 0.15) is 0 Å². The Morgan fingerprint density at radius 2 is 1.75 bits per heavy atom. The highest BCUT2D eigenvalue weighted by Gasteiger charge is 2.13. The van der Waals surface area contributed by atoms with Gasteiger partial charge in [-0.05, 0) is 23.9 Å². The van der Waals surface area contributed by atoms with E-state index >= 15 is 0 Å². The molecule has 2 heteroatoms. The minimum Gasteiger partial charge on any atom is -0.512 e. The zero-order valence-corrected chi connectivity index (χ0v) is 8.82. The predicted octanol–water partition coefficient (Wildman–Crippen LogP) is 2.15. The van der Waals surface area contributed by atoms with Gasteiger partial charge < -0.3 is 5.11 Å². The Balaban J connectivity index is 2.74. The molecule has 0 unspecified atom stereocenters. The average molecular weight is 210 g/mol. The van der Waals surface area contributed by atoms with Gasteiger partial charge in [-0.3, -0.25) is 4.79 Å². The summed E-state index contributed by atoms with van der Waals surface area (Å²) in [5.74, 6) is 0.188. The third-order valence-electron chi connectivity index (χ3n) is 3.02. The molecule has 0 bridgehead atoms. The van der Waals surface area contributed by atoms with Crippen LogP contribution in [-0.4, -0.2) is 5.11 Å². The van der Waals surface area contributed by atoms with Crippen molar-refractivity contribution in [2.24, 2.45) is 0 Å². The molecule has 1 aromatic rings. The molecular weight excluding hydrogens is 200 g/mol. The van der Waals surface area contributed by atoms with Crippen LogP contribution in [0.3, 0.4) is 0 Å². The fraction of sp³-hybridized carbons (Fsp3) is 0.0714. The maximum Gasteiger partial charge on any atom is 0.187 e. The summed E-state index contributed by atoms with van der Waals surface area (Å²) < 4.78 is 0. The Morgan fingerprint density at radius 1 is 1.06 bits per heavy atom. The van der Waals surface area contributed by atoms with E-state index in [4.69, 9.17) is 0 Å². The summed E-state index contributed by atoms with van der Waals surface area (Å²) in [5.41, 5.74) is 1.97. The third-order valence-corrected chi connectivity index (χ3v) is 3.02. The van der Waals surface area contributed by atoms with Crippen LogP contribution in [0.2, 0.25) is 0 Å². The van der Waals surface area contributed by atoms with Crippen LogP contribution in [0.15, 0.2) is 41.2 Å². The number of hydrogen-bond acceptors (Lipinski definition) is 2. The molecule has 2 aliphatic rings. The molecule has 16 heavy (non-hydrogen) atoms. The molecule has 0 radical (unpaired) electrons. The molecule has 1 aromatic carbocycles. The molecule has 2 aliphatic carbocycles. The summed E-state index contributed by atoms with van der Waals surface area (Å²) in [4.78, 5) is 11.9. The van der Waals surface area contributed by atoms with Gasteiger partial charge in [0.2, 0.25) is 0 Å². The van der Waals surface area contributed by atoms with Crippen molar-refractivity contribution < 1.29 is 5.11 Å². The van der Waals surface area contributed by atoms with Crippen LogP contribution in [0.5, 0.6) is 0 Å². The summed E-state index contributed by atoms with van der Waals surface area (Å²) in [6.07, 6.45) is 0. The summed E-state index contributed by atoms with van der Waals surface area (Å²) in [6.45, 7) is 1.60. The van der Waals surface area contributed by atoms with Crippen LogP contribution in [-0.2, 0) is 0 Å². The molecule has 1 N–H and O–H groups in total. The first-order valence-corrected chi connectivity index (χ1v) is 5.16. The van der Waals surface area contributed by atoms with Crippen molar-refractivity contribution in [3.63, 3.8) is 0 Å². The van der Waals surface area contributed by atoms with Crippen LogP contribution in [0.25, 0.3) is 27.7 Å². The van der Waals surface area contributed by atoms with Gasteiger partial charge in [0.25, 0.3) is 0 Å². The lowest BCUT2D eigenvalue weighted by molar-refractivity contribution is 0.499. The van der Waals surface area contributed by atoms with Gasteiger partial charge in [-0.1, -0.05) is 30.3 Å². The molecule has 78 valence electrons. The minimum absolute atomic E-state index is 0.0345. The molecule has 0 spiro atoms. The first kappa shape index (κ1) is 9.16. The quantitative estimate of drug-likeness (QED) is 0.617. The maximum atomic E-state index is 11.9. The first-order chi connectivity index (χ1) is 7.68. The van der Waals surface area contributed by atoms with Crippen molar-refractivity contribution in [2.75, 3.05) is 0 Å². The minimum atomic E-state index is -0.0345. The normalized spacial score (nSPS) is 13.6. The average Bonchev–Trinajstić information content (AvgIpc) is 2.67. The Morgan fingerprint density at radius 3 is 2.50 bits per heavy atom. The lowest BCUT2D eigenvalue weighted by Crippen LogP contribution is -2.15. The highest BCUT2D eigenvalue weighted by Crippen LogP contribution is 2.30. The second-order valence-corrected chi connectivity index (χ2v) is 4.02. The molecule has 0 fully saturated rings. The molecular formula is C14H10O2. The van der Waals surface area contributed by atoms with E-state index in [1.165, 1.54) is 0 Å². The van der Waals surface area contributed by atoms with E-state index in [1.807, 2.05) is 24.3 Å². The van der Waals surface area contributed by atoms with E-state index in [1.54, 1.807) is 19.1 Å². The summed E-state index contributed by atoms with van der Waals surface area (Å²) in [5, 5.41) is 11.9. The SMILES string of the molecule is C/C(O)=c1\ccc2ccc3ccc(=O)c1c2-3. The number of aliphatic hydroxyl groups is 1. The molecule has 0 saturated heterocycles.